The molecule has 0 aliphatic heterocycles. The maximum atomic E-state index is 10.3. The number of benzene rings is 1. The van der Waals surface area contributed by atoms with E-state index in [0.29, 0.717) is 6.04 Å². The lowest BCUT2D eigenvalue weighted by atomic mass is 10.0. The normalized spacial score (nSPS) is 24.3. The summed E-state index contributed by atoms with van der Waals surface area (Å²) in [7, 11) is 0. The first-order chi connectivity index (χ1) is 10.3. The van der Waals surface area contributed by atoms with E-state index in [9.17, 15) is 5.11 Å². The Hall–Kier alpha value is -1.06. The van der Waals surface area contributed by atoms with E-state index in [0.717, 1.165) is 44.4 Å². The second-order valence-electron chi connectivity index (χ2n) is 5.92. The molecule has 0 aromatic heterocycles. The zero-order valence-corrected chi connectivity index (χ0v) is 13.3. The molecule has 1 aliphatic carbocycles. The van der Waals surface area contributed by atoms with Gasteiger partial charge in [0.15, 0.2) is 0 Å². The highest BCUT2D eigenvalue weighted by Crippen LogP contribution is 2.30. The molecule has 118 valence electrons. The van der Waals surface area contributed by atoms with Gasteiger partial charge in [-0.2, -0.15) is 0 Å². The summed E-state index contributed by atoms with van der Waals surface area (Å²) in [5.41, 5.74) is 1.21. The van der Waals surface area contributed by atoms with Crippen molar-refractivity contribution in [1.29, 1.82) is 0 Å². The average Bonchev–Trinajstić information content (AvgIpc) is 2.71. The van der Waals surface area contributed by atoms with Gasteiger partial charge in [0.2, 0.25) is 0 Å². The van der Waals surface area contributed by atoms with Crippen LogP contribution in [0.1, 0.15) is 64.0 Å². The highest BCUT2D eigenvalue weighted by molar-refractivity contribution is 5.36. The van der Waals surface area contributed by atoms with E-state index >= 15 is 0 Å². The first kappa shape index (κ1) is 16.3. The van der Waals surface area contributed by atoms with Crippen LogP contribution in [-0.4, -0.2) is 23.9 Å². The van der Waals surface area contributed by atoms with Crippen molar-refractivity contribution in [2.24, 2.45) is 0 Å². The lowest BCUT2D eigenvalue weighted by molar-refractivity contribution is 0.0311. The zero-order valence-electron chi connectivity index (χ0n) is 13.3. The van der Waals surface area contributed by atoms with Crippen LogP contribution in [0.15, 0.2) is 24.3 Å². The Kier molecular flexibility index (Phi) is 6.52. The predicted octanol–water partition coefficient (Wildman–Crippen LogP) is 3.82. The molecular weight excluding hydrogens is 262 g/mol. The van der Waals surface area contributed by atoms with Crippen molar-refractivity contribution in [3.05, 3.63) is 29.8 Å². The summed E-state index contributed by atoms with van der Waals surface area (Å²) in [6.45, 7) is 5.25. The summed E-state index contributed by atoms with van der Waals surface area (Å²) in [6, 6.07) is 8.56. The molecule has 1 aromatic carbocycles. The zero-order chi connectivity index (χ0) is 15.1. The minimum Gasteiger partial charge on any atom is -0.487 e. The van der Waals surface area contributed by atoms with Gasteiger partial charge in [-0.1, -0.05) is 44.9 Å². The second kappa shape index (κ2) is 8.40. The Bertz CT molecular complexity index is 421. The van der Waals surface area contributed by atoms with Gasteiger partial charge in [-0.25, -0.2) is 0 Å². The van der Waals surface area contributed by atoms with Crippen LogP contribution in [0, 0.1) is 0 Å². The summed E-state index contributed by atoms with van der Waals surface area (Å²) in [5.74, 6) is 0.927. The number of aliphatic hydroxyl groups excluding tert-OH is 1. The lowest BCUT2D eigenvalue weighted by Crippen LogP contribution is -2.31. The molecule has 1 aliphatic rings. The quantitative estimate of drug-likeness (QED) is 0.783. The molecule has 1 saturated carbocycles. The Morgan fingerprint density at radius 1 is 1.19 bits per heavy atom. The van der Waals surface area contributed by atoms with Gasteiger partial charge >= 0.3 is 0 Å². The molecule has 1 aromatic rings. The molecule has 0 amide bonds. The maximum Gasteiger partial charge on any atom is 0.124 e. The van der Waals surface area contributed by atoms with Crippen LogP contribution in [0.3, 0.4) is 0 Å². The van der Waals surface area contributed by atoms with E-state index in [-0.39, 0.29) is 12.2 Å². The Labute approximate surface area is 128 Å². The van der Waals surface area contributed by atoms with Crippen molar-refractivity contribution in [2.75, 3.05) is 6.54 Å². The number of para-hydroxylation sites is 1. The van der Waals surface area contributed by atoms with Crippen molar-refractivity contribution in [3.63, 3.8) is 0 Å². The van der Waals surface area contributed by atoms with E-state index in [4.69, 9.17) is 4.74 Å². The van der Waals surface area contributed by atoms with E-state index in [1.54, 1.807) is 0 Å². The fraction of sp³-hybridized carbons (Fsp3) is 0.667. The predicted molar refractivity (Wildman–Crippen MR) is 86.7 cm³/mol. The highest BCUT2D eigenvalue weighted by Gasteiger charge is 2.24. The van der Waals surface area contributed by atoms with Gasteiger partial charge in [-0.15, -0.1) is 0 Å². The topological polar surface area (TPSA) is 41.5 Å². The maximum absolute atomic E-state index is 10.3. The van der Waals surface area contributed by atoms with Crippen LogP contribution in [-0.2, 0) is 0 Å². The molecule has 3 nitrogen and oxygen atoms in total. The van der Waals surface area contributed by atoms with Gasteiger partial charge in [0.1, 0.15) is 11.9 Å². The Morgan fingerprint density at radius 3 is 2.71 bits per heavy atom. The highest BCUT2D eigenvalue weighted by atomic mass is 16.5. The molecular formula is C18H29NO2. The van der Waals surface area contributed by atoms with Gasteiger partial charge in [-0.05, 0) is 38.3 Å². The summed E-state index contributed by atoms with van der Waals surface area (Å²) >= 11 is 0. The van der Waals surface area contributed by atoms with Gasteiger partial charge in [0.25, 0.3) is 0 Å². The van der Waals surface area contributed by atoms with Crippen LogP contribution in [0.5, 0.6) is 5.75 Å². The van der Waals surface area contributed by atoms with Gasteiger partial charge in [0.05, 0.1) is 6.10 Å². The van der Waals surface area contributed by atoms with Crippen LogP contribution in [0.4, 0.5) is 0 Å². The third-order valence-electron chi connectivity index (χ3n) is 4.35. The monoisotopic (exact) mass is 291 g/mol. The molecule has 3 atom stereocenters. The summed E-state index contributed by atoms with van der Waals surface area (Å²) < 4.78 is 6.22. The second-order valence-corrected chi connectivity index (χ2v) is 5.92. The van der Waals surface area contributed by atoms with Gasteiger partial charge in [-0.3, -0.25) is 0 Å². The SMILES string of the molecule is CCNC(CC)c1ccccc1OC1CCCCCC1O. The number of ether oxygens (including phenoxy) is 1. The van der Waals surface area contributed by atoms with Crippen LogP contribution < -0.4 is 10.1 Å². The van der Waals surface area contributed by atoms with Crippen molar-refractivity contribution < 1.29 is 9.84 Å². The Morgan fingerprint density at radius 2 is 1.95 bits per heavy atom. The number of nitrogens with one attached hydrogen (secondary N) is 1. The lowest BCUT2D eigenvalue weighted by Gasteiger charge is -2.26. The molecule has 21 heavy (non-hydrogen) atoms. The largest absolute Gasteiger partial charge is 0.487 e. The fourth-order valence-electron chi connectivity index (χ4n) is 3.15. The van der Waals surface area contributed by atoms with Crippen LogP contribution in [0.25, 0.3) is 0 Å². The third-order valence-corrected chi connectivity index (χ3v) is 4.35. The minimum absolute atomic E-state index is 0.0622. The molecule has 2 rings (SSSR count). The van der Waals surface area contributed by atoms with Crippen molar-refractivity contribution >= 4 is 0 Å². The summed E-state index contributed by atoms with van der Waals surface area (Å²) in [6.07, 6.45) is 5.90. The molecule has 0 heterocycles. The van der Waals surface area contributed by atoms with E-state index in [2.05, 4.69) is 31.3 Å². The number of hydrogen-bond donors (Lipinski definition) is 2. The van der Waals surface area contributed by atoms with Gasteiger partial charge < -0.3 is 15.2 Å². The fourth-order valence-corrected chi connectivity index (χ4v) is 3.15. The number of aliphatic hydroxyl groups is 1. The number of rotatable bonds is 6. The van der Waals surface area contributed by atoms with Gasteiger partial charge in [0, 0.05) is 11.6 Å². The molecule has 0 bridgehead atoms. The standard InChI is InChI=1S/C18H29NO2/c1-3-15(19-4-2)14-10-8-9-12-17(14)21-18-13-7-5-6-11-16(18)20/h8-10,12,15-16,18-20H,3-7,11,13H2,1-2H3. The molecule has 3 unspecified atom stereocenters. The van der Waals surface area contributed by atoms with Crippen LogP contribution in [0.2, 0.25) is 0 Å². The Balaban J connectivity index is 2.15. The molecule has 0 spiro atoms. The molecule has 3 heteroatoms. The van der Waals surface area contributed by atoms with E-state index in [1.807, 2.05) is 12.1 Å². The summed E-state index contributed by atoms with van der Waals surface area (Å²) in [5, 5.41) is 13.8. The van der Waals surface area contributed by atoms with Crippen molar-refractivity contribution in [3.8, 4) is 5.75 Å². The molecule has 0 saturated heterocycles. The van der Waals surface area contributed by atoms with Crippen molar-refractivity contribution in [1.82, 2.24) is 5.32 Å². The molecule has 0 radical (unpaired) electrons. The summed E-state index contributed by atoms with van der Waals surface area (Å²) in [4.78, 5) is 0. The minimum atomic E-state index is -0.334. The first-order valence-corrected chi connectivity index (χ1v) is 8.43. The molecule has 1 fully saturated rings. The first-order valence-electron chi connectivity index (χ1n) is 8.43. The third kappa shape index (κ3) is 4.45. The smallest absolute Gasteiger partial charge is 0.124 e. The number of hydrogen-bond acceptors (Lipinski definition) is 3. The average molecular weight is 291 g/mol. The van der Waals surface area contributed by atoms with E-state index < -0.39 is 0 Å². The van der Waals surface area contributed by atoms with E-state index in [1.165, 1.54) is 12.0 Å². The van der Waals surface area contributed by atoms with Crippen LogP contribution >= 0.6 is 0 Å². The van der Waals surface area contributed by atoms with Crippen molar-refractivity contribution in [2.45, 2.75) is 70.6 Å². The molecule has 2 N–H and O–H groups in total.